The molecular weight excluding hydrogens is 476 g/mol. The molecule has 0 aliphatic carbocycles. The van der Waals surface area contributed by atoms with Crippen LogP contribution in [-0.2, 0) is 28.2 Å². The summed E-state index contributed by atoms with van der Waals surface area (Å²) >= 11 is 0. The first-order valence-electron chi connectivity index (χ1n) is 11.9. The number of rotatable bonds is 6. The molecule has 192 valence electrons. The highest BCUT2D eigenvalue weighted by Crippen LogP contribution is 2.48. The van der Waals surface area contributed by atoms with E-state index in [0.29, 0.717) is 0 Å². The van der Waals surface area contributed by atoms with Gasteiger partial charge in [0.1, 0.15) is 12.2 Å². The number of carbonyl (C=O) groups excluding carboxylic acids is 1. The number of aromatic nitrogens is 2. The Kier molecular flexibility index (Phi) is 7.64. The highest BCUT2D eigenvalue weighted by atomic mass is 28.5. The zero-order valence-corrected chi connectivity index (χ0v) is 23.3. The van der Waals surface area contributed by atoms with Crippen LogP contribution < -0.4 is 11.2 Å². The molecule has 3 rings (SSSR count). The molecule has 0 aromatic carbocycles. The van der Waals surface area contributed by atoms with Crippen molar-refractivity contribution >= 4 is 22.9 Å². The van der Waals surface area contributed by atoms with Crippen molar-refractivity contribution in [3.63, 3.8) is 0 Å². The first kappa shape index (κ1) is 27.2. The molecule has 0 radical (unpaired) electrons. The first-order chi connectivity index (χ1) is 15.8. The number of hydrogen-bond donors (Lipinski definition) is 2. The fourth-order valence-corrected chi connectivity index (χ4v) is 16.4. The highest BCUT2D eigenvalue weighted by molar-refractivity contribution is 6.84. The third-order valence-electron chi connectivity index (χ3n) is 7.08. The van der Waals surface area contributed by atoms with Crippen molar-refractivity contribution in [2.45, 2.75) is 95.5 Å². The summed E-state index contributed by atoms with van der Waals surface area (Å²) in [4.78, 5) is 40.1. The lowest BCUT2D eigenvalue weighted by molar-refractivity contribution is -0.162. The van der Waals surface area contributed by atoms with Gasteiger partial charge in [-0.15, -0.1) is 0 Å². The van der Waals surface area contributed by atoms with Gasteiger partial charge in [0, 0.05) is 12.3 Å². The number of H-pyrrole nitrogens is 1. The second-order valence-corrected chi connectivity index (χ2v) is 19.3. The van der Waals surface area contributed by atoms with Crippen LogP contribution in [0.5, 0.6) is 0 Å². The Hall–Kier alpha value is -1.42. The number of nitrogens with zero attached hydrogens (tertiary/aromatic N) is 1. The average molecular weight is 515 g/mol. The summed E-state index contributed by atoms with van der Waals surface area (Å²) in [7, 11) is -5.95. The number of ether oxygens (including phenoxy) is 1. The topological polar surface area (TPSA) is 129 Å². The lowest BCUT2D eigenvalue weighted by Gasteiger charge is -2.50. The van der Waals surface area contributed by atoms with Gasteiger partial charge in [0.2, 0.25) is 11.5 Å². The van der Waals surface area contributed by atoms with Crippen molar-refractivity contribution in [3.8, 4) is 0 Å². The van der Waals surface area contributed by atoms with Gasteiger partial charge in [-0.1, -0.05) is 55.4 Å². The number of aliphatic hydroxyl groups excluding tert-OH is 1. The predicted octanol–water partition coefficient (Wildman–Crippen LogP) is 2.11. The van der Waals surface area contributed by atoms with E-state index in [-0.39, 0.29) is 28.8 Å². The van der Waals surface area contributed by atoms with Crippen LogP contribution in [0.3, 0.4) is 0 Å². The zero-order chi connectivity index (χ0) is 25.6. The third-order valence-corrected chi connectivity index (χ3v) is 17.3. The van der Waals surface area contributed by atoms with Crippen LogP contribution >= 0.6 is 0 Å². The van der Waals surface area contributed by atoms with E-state index >= 15 is 0 Å². The van der Waals surface area contributed by atoms with Crippen LogP contribution in [-0.4, -0.2) is 63.0 Å². The van der Waals surface area contributed by atoms with Gasteiger partial charge in [0.15, 0.2) is 0 Å². The Balaban J connectivity index is 2.18. The number of ketones is 1. The molecule has 2 aliphatic rings. The van der Waals surface area contributed by atoms with E-state index in [0.717, 1.165) is 16.8 Å². The fourth-order valence-electron chi connectivity index (χ4n) is 5.20. The van der Waals surface area contributed by atoms with Crippen molar-refractivity contribution < 1.29 is 27.6 Å². The SMILES string of the molecule is CC(C)[Si]1(C(C)C)OC[C@H]2O[C@@](CO)(n3ccc(=O)[nH]c3=O)C(=O)C2O[Si](C(C)C)(C(C)C)O1. The molecule has 2 saturated heterocycles. The Labute approximate surface area is 202 Å². The minimum atomic E-state index is -3.10. The predicted molar refractivity (Wildman–Crippen MR) is 130 cm³/mol. The molecule has 3 heterocycles. The molecule has 1 unspecified atom stereocenters. The van der Waals surface area contributed by atoms with Gasteiger partial charge in [-0.2, -0.15) is 0 Å². The molecule has 2 N–H and O–H groups in total. The summed E-state index contributed by atoms with van der Waals surface area (Å²) in [5.41, 5.74) is -3.30. The summed E-state index contributed by atoms with van der Waals surface area (Å²) in [6.07, 6.45) is -0.785. The van der Waals surface area contributed by atoms with Crippen molar-refractivity contribution in [3.05, 3.63) is 33.1 Å². The maximum Gasteiger partial charge on any atom is 0.335 e. The van der Waals surface area contributed by atoms with Gasteiger partial charge in [-0.3, -0.25) is 19.1 Å². The van der Waals surface area contributed by atoms with Gasteiger partial charge in [0.05, 0.1) is 13.2 Å². The number of fused-ring (bicyclic) bond motifs is 1. The highest BCUT2D eigenvalue weighted by Gasteiger charge is 2.65. The molecule has 2 fully saturated rings. The van der Waals surface area contributed by atoms with Crippen molar-refractivity contribution in [2.75, 3.05) is 13.2 Å². The molecule has 12 heteroatoms. The lowest BCUT2D eigenvalue weighted by atomic mass is 10.1. The molecule has 34 heavy (non-hydrogen) atoms. The van der Waals surface area contributed by atoms with Crippen LogP contribution in [0.4, 0.5) is 0 Å². The number of Topliss-reactive ketones (excluding diaryl/α,β-unsaturated/α-hetero) is 1. The smallest absolute Gasteiger partial charge is 0.335 e. The Morgan fingerprint density at radius 3 is 2.06 bits per heavy atom. The molecule has 0 saturated carbocycles. The van der Waals surface area contributed by atoms with Gasteiger partial charge in [0.25, 0.3) is 5.56 Å². The molecular formula is C22H38N2O8Si2. The van der Waals surface area contributed by atoms with E-state index in [4.69, 9.17) is 17.7 Å². The molecule has 10 nitrogen and oxygen atoms in total. The minimum Gasteiger partial charge on any atom is -0.414 e. The summed E-state index contributed by atoms with van der Waals surface area (Å²) in [5.74, 6) is -0.595. The maximum atomic E-state index is 13.8. The number of carbonyl (C=O) groups is 1. The molecule has 0 amide bonds. The normalized spacial score (nSPS) is 29.0. The van der Waals surface area contributed by atoms with Crippen LogP contribution in [0, 0.1) is 0 Å². The van der Waals surface area contributed by atoms with Gasteiger partial charge >= 0.3 is 22.8 Å². The average Bonchev–Trinajstić information content (AvgIpc) is 2.98. The summed E-state index contributed by atoms with van der Waals surface area (Å²) in [6.45, 7) is 15.7. The van der Waals surface area contributed by atoms with Crippen LogP contribution in [0.2, 0.25) is 22.2 Å². The van der Waals surface area contributed by atoms with E-state index in [1.54, 1.807) is 0 Å². The van der Waals surface area contributed by atoms with E-state index in [2.05, 4.69) is 32.7 Å². The van der Waals surface area contributed by atoms with E-state index in [1.807, 2.05) is 27.7 Å². The zero-order valence-electron chi connectivity index (χ0n) is 21.3. The third kappa shape index (κ3) is 4.12. The van der Waals surface area contributed by atoms with E-state index < -0.39 is 58.7 Å². The van der Waals surface area contributed by atoms with Gasteiger partial charge in [-0.25, -0.2) is 4.79 Å². The molecule has 3 atom stereocenters. The molecule has 0 spiro atoms. The fraction of sp³-hybridized carbons (Fsp3) is 0.773. The quantitative estimate of drug-likeness (QED) is 0.552. The molecule has 1 aromatic heterocycles. The van der Waals surface area contributed by atoms with Crippen molar-refractivity contribution in [1.29, 1.82) is 0 Å². The Morgan fingerprint density at radius 1 is 1.03 bits per heavy atom. The number of aromatic amines is 1. The summed E-state index contributed by atoms with van der Waals surface area (Å²) in [5, 5.41) is 10.3. The first-order valence-corrected chi connectivity index (χ1v) is 15.9. The number of hydrogen-bond acceptors (Lipinski definition) is 8. The van der Waals surface area contributed by atoms with E-state index in [1.165, 1.54) is 0 Å². The van der Waals surface area contributed by atoms with Gasteiger partial charge in [-0.05, 0) is 22.2 Å². The number of nitrogens with one attached hydrogen (secondary N) is 1. The molecule has 0 bridgehead atoms. The van der Waals surface area contributed by atoms with Crippen molar-refractivity contribution in [1.82, 2.24) is 9.55 Å². The van der Waals surface area contributed by atoms with Crippen LogP contribution in [0.15, 0.2) is 21.9 Å². The largest absolute Gasteiger partial charge is 0.414 e. The monoisotopic (exact) mass is 514 g/mol. The number of aliphatic hydroxyl groups is 1. The second-order valence-electron chi connectivity index (χ2n) is 10.5. The molecule has 2 aliphatic heterocycles. The lowest BCUT2D eigenvalue weighted by Crippen LogP contribution is -2.65. The van der Waals surface area contributed by atoms with Crippen molar-refractivity contribution in [2.24, 2.45) is 0 Å². The standard InChI is InChI=1S/C22H38N2O8Si2/c1-13(2)33(14(3)4)29-11-17-19(31-34(32-33,15(5)6)16(7)8)20(27)22(12-25,30-17)24-10-9-18(26)23-21(24)28/h9-10,13-17,19,25H,11-12H2,1-8H3,(H,23,26,28)/t17-,19?,22-/m1/s1. The van der Waals surface area contributed by atoms with Crippen LogP contribution in [0.25, 0.3) is 0 Å². The second kappa shape index (κ2) is 9.56. The Morgan fingerprint density at radius 2 is 1.59 bits per heavy atom. The maximum absolute atomic E-state index is 13.8. The van der Waals surface area contributed by atoms with Gasteiger partial charge < -0.3 is 22.8 Å². The Bertz CT molecular complexity index is 1000. The minimum absolute atomic E-state index is 0.00745. The molecule has 1 aromatic rings. The summed E-state index contributed by atoms with van der Waals surface area (Å²) < 4.78 is 27.5. The van der Waals surface area contributed by atoms with E-state index in [9.17, 15) is 19.5 Å². The van der Waals surface area contributed by atoms with Crippen LogP contribution in [0.1, 0.15) is 55.4 Å². The summed E-state index contributed by atoms with van der Waals surface area (Å²) in [6, 6.07) is 1.10.